The third-order valence-electron chi connectivity index (χ3n) is 2.08. The molecule has 0 atom stereocenters. The zero-order chi connectivity index (χ0) is 10.5. The predicted octanol–water partition coefficient (Wildman–Crippen LogP) is 0.629. The van der Waals surface area contributed by atoms with Crippen LogP contribution in [0.15, 0.2) is 24.5 Å². The van der Waals surface area contributed by atoms with Crippen molar-refractivity contribution in [2.24, 2.45) is 0 Å². The van der Waals surface area contributed by atoms with Gasteiger partial charge in [-0.05, 0) is 19.2 Å². The van der Waals surface area contributed by atoms with Crippen molar-refractivity contribution in [3.05, 3.63) is 30.4 Å². The monoisotopic (exact) mass is 203 g/mol. The third-order valence-corrected chi connectivity index (χ3v) is 2.08. The van der Waals surface area contributed by atoms with Gasteiger partial charge >= 0.3 is 0 Å². The second-order valence-electron chi connectivity index (χ2n) is 3.20. The first kappa shape index (κ1) is 9.79. The summed E-state index contributed by atoms with van der Waals surface area (Å²) in [5.41, 5.74) is 0.983. The molecule has 0 aliphatic rings. The summed E-state index contributed by atoms with van der Waals surface area (Å²) in [6.07, 6.45) is 4.33. The number of hydrogen-bond donors (Lipinski definition) is 2. The molecule has 0 amide bonds. The van der Waals surface area contributed by atoms with Crippen LogP contribution in [0.2, 0.25) is 0 Å². The maximum atomic E-state index is 4.38. The Bertz CT molecular complexity index is 409. The van der Waals surface area contributed by atoms with Crippen LogP contribution >= 0.6 is 0 Å². The van der Waals surface area contributed by atoms with Crippen molar-refractivity contribution < 1.29 is 0 Å². The van der Waals surface area contributed by atoms with Crippen LogP contribution in [0, 0.1) is 0 Å². The first-order valence-electron chi connectivity index (χ1n) is 4.86. The number of rotatable bonds is 4. The summed E-state index contributed by atoms with van der Waals surface area (Å²) >= 11 is 0. The number of hydrogen-bond acceptors (Lipinski definition) is 4. The lowest BCUT2D eigenvalue weighted by Gasteiger charge is -1.93. The van der Waals surface area contributed by atoms with Crippen molar-refractivity contribution in [1.29, 1.82) is 0 Å². The van der Waals surface area contributed by atoms with Crippen molar-refractivity contribution in [3.8, 4) is 11.4 Å². The molecule has 0 fully saturated rings. The van der Waals surface area contributed by atoms with Gasteiger partial charge in [0, 0.05) is 30.9 Å². The van der Waals surface area contributed by atoms with Crippen molar-refractivity contribution in [3.63, 3.8) is 0 Å². The molecule has 0 saturated heterocycles. The number of pyridine rings is 1. The molecule has 2 rings (SSSR count). The molecule has 0 aromatic carbocycles. The Balaban J connectivity index is 2.14. The fourth-order valence-corrected chi connectivity index (χ4v) is 1.28. The second kappa shape index (κ2) is 4.65. The largest absolute Gasteiger partial charge is 0.319 e. The zero-order valence-electron chi connectivity index (χ0n) is 8.57. The molecule has 2 N–H and O–H groups in total. The van der Waals surface area contributed by atoms with E-state index in [0.717, 1.165) is 30.2 Å². The fraction of sp³-hybridized carbons (Fsp3) is 0.300. The quantitative estimate of drug-likeness (QED) is 0.764. The summed E-state index contributed by atoms with van der Waals surface area (Å²) in [6.45, 7) is 0.894. The minimum atomic E-state index is 0.725. The van der Waals surface area contributed by atoms with E-state index in [2.05, 4.69) is 25.5 Å². The van der Waals surface area contributed by atoms with Crippen LogP contribution in [0.5, 0.6) is 0 Å². The molecule has 78 valence electrons. The molecule has 0 spiro atoms. The summed E-state index contributed by atoms with van der Waals surface area (Å²) in [7, 11) is 1.92. The minimum Gasteiger partial charge on any atom is -0.319 e. The molecule has 0 unspecified atom stereocenters. The van der Waals surface area contributed by atoms with Crippen molar-refractivity contribution in [2.45, 2.75) is 6.42 Å². The molecular formula is C10H13N5. The van der Waals surface area contributed by atoms with E-state index >= 15 is 0 Å². The van der Waals surface area contributed by atoms with E-state index in [-0.39, 0.29) is 0 Å². The van der Waals surface area contributed by atoms with Crippen molar-refractivity contribution in [1.82, 2.24) is 25.5 Å². The predicted molar refractivity (Wildman–Crippen MR) is 57.2 cm³/mol. The SMILES string of the molecule is CNCCc1nc(-c2ccncc2)n[nH]1. The van der Waals surface area contributed by atoms with Gasteiger partial charge in [-0.2, -0.15) is 5.10 Å². The first-order chi connectivity index (χ1) is 7.40. The highest BCUT2D eigenvalue weighted by molar-refractivity contribution is 5.52. The lowest BCUT2D eigenvalue weighted by molar-refractivity contribution is 0.758. The van der Waals surface area contributed by atoms with Gasteiger partial charge in [0.2, 0.25) is 0 Å². The van der Waals surface area contributed by atoms with Gasteiger partial charge < -0.3 is 5.32 Å². The van der Waals surface area contributed by atoms with E-state index in [1.807, 2.05) is 19.2 Å². The molecule has 0 saturated carbocycles. The number of likely N-dealkylation sites (N-methyl/N-ethyl adjacent to an activating group) is 1. The van der Waals surface area contributed by atoms with Crippen molar-refractivity contribution >= 4 is 0 Å². The molecule has 0 aliphatic heterocycles. The zero-order valence-corrected chi connectivity index (χ0v) is 8.57. The van der Waals surface area contributed by atoms with Gasteiger partial charge in [0.05, 0.1) is 0 Å². The van der Waals surface area contributed by atoms with E-state index in [0.29, 0.717) is 0 Å². The lowest BCUT2D eigenvalue weighted by atomic mass is 10.2. The average molecular weight is 203 g/mol. The van der Waals surface area contributed by atoms with E-state index in [1.165, 1.54) is 0 Å². The fourth-order valence-electron chi connectivity index (χ4n) is 1.28. The van der Waals surface area contributed by atoms with E-state index in [1.54, 1.807) is 12.4 Å². The van der Waals surface area contributed by atoms with E-state index in [4.69, 9.17) is 0 Å². The number of aromatic amines is 1. The molecule has 5 nitrogen and oxygen atoms in total. The van der Waals surface area contributed by atoms with Crippen LogP contribution in [0.1, 0.15) is 5.82 Å². The molecule has 15 heavy (non-hydrogen) atoms. The number of nitrogens with one attached hydrogen (secondary N) is 2. The van der Waals surface area contributed by atoms with Gasteiger partial charge in [0.15, 0.2) is 5.82 Å². The summed E-state index contributed by atoms with van der Waals surface area (Å²) in [5, 5.41) is 10.1. The van der Waals surface area contributed by atoms with Gasteiger partial charge in [-0.15, -0.1) is 0 Å². The van der Waals surface area contributed by atoms with Gasteiger partial charge in [0.25, 0.3) is 0 Å². The molecule has 2 aromatic heterocycles. The van der Waals surface area contributed by atoms with Crippen molar-refractivity contribution in [2.75, 3.05) is 13.6 Å². The second-order valence-corrected chi connectivity index (χ2v) is 3.20. The minimum absolute atomic E-state index is 0.725. The number of H-pyrrole nitrogens is 1. The van der Waals surface area contributed by atoms with Crippen LogP contribution in [-0.2, 0) is 6.42 Å². The highest BCUT2D eigenvalue weighted by atomic mass is 15.2. The molecule has 2 heterocycles. The molecule has 2 aromatic rings. The molecule has 0 aliphatic carbocycles. The van der Waals surface area contributed by atoms with Crippen LogP contribution in [0.3, 0.4) is 0 Å². The van der Waals surface area contributed by atoms with Gasteiger partial charge in [0.1, 0.15) is 5.82 Å². The maximum absolute atomic E-state index is 4.38. The summed E-state index contributed by atoms with van der Waals surface area (Å²) in [4.78, 5) is 8.34. The first-order valence-corrected chi connectivity index (χ1v) is 4.86. The smallest absolute Gasteiger partial charge is 0.181 e. The van der Waals surface area contributed by atoms with Crippen LogP contribution in [0.4, 0.5) is 0 Å². The van der Waals surface area contributed by atoms with Gasteiger partial charge in [-0.3, -0.25) is 10.1 Å². The van der Waals surface area contributed by atoms with Gasteiger partial charge in [-0.25, -0.2) is 4.98 Å². The third kappa shape index (κ3) is 2.38. The number of aromatic nitrogens is 4. The Kier molecular flexibility index (Phi) is 3.04. The van der Waals surface area contributed by atoms with E-state index in [9.17, 15) is 0 Å². The molecule has 0 bridgehead atoms. The summed E-state index contributed by atoms with van der Waals surface area (Å²) < 4.78 is 0. The Morgan fingerprint density at radius 2 is 2.13 bits per heavy atom. The highest BCUT2D eigenvalue weighted by Crippen LogP contribution is 2.12. The summed E-state index contributed by atoms with van der Waals surface area (Å²) in [5.74, 6) is 1.62. The molecule has 5 heteroatoms. The lowest BCUT2D eigenvalue weighted by Crippen LogP contribution is -2.11. The summed E-state index contributed by atoms with van der Waals surface area (Å²) in [6, 6.07) is 3.79. The Morgan fingerprint density at radius 3 is 2.87 bits per heavy atom. The van der Waals surface area contributed by atoms with Gasteiger partial charge in [-0.1, -0.05) is 0 Å². The Hall–Kier alpha value is -1.75. The average Bonchev–Trinajstić information content (AvgIpc) is 2.76. The maximum Gasteiger partial charge on any atom is 0.181 e. The van der Waals surface area contributed by atoms with E-state index < -0.39 is 0 Å². The normalized spacial score (nSPS) is 10.5. The van der Waals surface area contributed by atoms with Crippen LogP contribution in [0.25, 0.3) is 11.4 Å². The highest BCUT2D eigenvalue weighted by Gasteiger charge is 2.04. The Labute approximate surface area is 88.0 Å². The molecule has 0 radical (unpaired) electrons. The van der Waals surface area contributed by atoms with Crippen LogP contribution < -0.4 is 5.32 Å². The Morgan fingerprint density at radius 1 is 1.33 bits per heavy atom. The van der Waals surface area contributed by atoms with Crippen LogP contribution in [-0.4, -0.2) is 33.8 Å². The molecular weight excluding hydrogens is 190 g/mol. The topological polar surface area (TPSA) is 66.5 Å². The standard InChI is InChI=1S/C10H13N5/c1-11-5-4-9-13-10(15-14-9)8-2-6-12-7-3-8/h2-3,6-7,11H,4-5H2,1H3,(H,13,14,15). The number of nitrogens with zero attached hydrogens (tertiary/aromatic N) is 3.